The normalized spacial score (nSPS) is 17.2. The number of benzene rings is 1. The third-order valence-corrected chi connectivity index (χ3v) is 6.43. The predicted molar refractivity (Wildman–Crippen MR) is 115 cm³/mol. The molecule has 0 saturated carbocycles. The zero-order valence-electron chi connectivity index (χ0n) is 16.9. The number of hydrogen-bond donors (Lipinski definition) is 1. The monoisotopic (exact) mass is 398 g/mol. The van der Waals surface area contributed by atoms with E-state index in [1.54, 1.807) is 12.4 Å². The molecule has 30 heavy (non-hydrogen) atoms. The van der Waals surface area contributed by atoms with Crippen LogP contribution in [0.2, 0.25) is 0 Å². The van der Waals surface area contributed by atoms with Crippen LogP contribution in [0.15, 0.2) is 43.2 Å². The van der Waals surface area contributed by atoms with Gasteiger partial charge in [0.2, 0.25) is 5.91 Å². The molecule has 0 aliphatic carbocycles. The van der Waals surface area contributed by atoms with E-state index in [0.29, 0.717) is 11.3 Å². The van der Waals surface area contributed by atoms with Gasteiger partial charge in [0, 0.05) is 48.7 Å². The van der Waals surface area contributed by atoms with Crippen molar-refractivity contribution in [3.8, 4) is 17.3 Å². The number of hydrogen-bond acceptors (Lipinski definition) is 5. The van der Waals surface area contributed by atoms with Crippen LogP contribution in [0.5, 0.6) is 0 Å². The lowest BCUT2D eigenvalue weighted by atomic mass is 9.79. The fourth-order valence-corrected chi connectivity index (χ4v) is 4.90. The van der Waals surface area contributed by atoms with E-state index in [-0.39, 0.29) is 11.3 Å². The third-order valence-electron chi connectivity index (χ3n) is 6.43. The van der Waals surface area contributed by atoms with Gasteiger partial charge in [-0.1, -0.05) is 12.6 Å². The number of anilines is 1. The highest BCUT2D eigenvalue weighted by Crippen LogP contribution is 2.43. The van der Waals surface area contributed by atoms with E-state index in [9.17, 15) is 10.1 Å². The number of aromatic amines is 1. The number of carbonyl (C=O) groups excluding carboxylic acids is 1. The zero-order chi connectivity index (χ0) is 20.9. The fourth-order valence-electron chi connectivity index (χ4n) is 4.90. The zero-order valence-corrected chi connectivity index (χ0v) is 16.9. The van der Waals surface area contributed by atoms with Gasteiger partial charge in [0.25, 0.3) is 0 Å². The minimum absolute atomic E-state index is 0.00771. The Morgan fingerprint density at radius 3 is 2.93 bits per heavy atom. The van der Waals surface area contributed by atoms with E-state index in [1.165, 1.54) is 6.08 Å². The maximum absolute atomic E-state index is 11.8. The molecule has 2 aromatic heterocycles. The lowest BCUT2D eigenvalue weighted by molar-refractivity contribution is -0.136. The summed E-state index contributed by atoms with van der Waals surface area (Å²) < 4.78 is 0. The van der Waals surface area contributed by atoms with Crippen molar-refractivity contribution < 1.29 is 4.79 Å². The van der Waals surface area contributed by atoms with Crippen LogP contribution in [0.4, 0.5) is 5.69 Å². The Hall–Kier alpha value is -3.66. The average molecular weight is 398 g/mol. The number of amides is 1. The van der Waals surface area contributed by atoms with Crippen LogP contribution in [0.3, 0.4) is 0 Å². The maximum Gasteiger partial charge on any atom is 0.245 e. The van der Waals surface area contributed by atoms with E-state index in [4.69, 9.17) is 0 Å². The number of nitriles is 1. The molecule has 1 spiro atoms. The number of likely N-dealkylation sites (tertiary alicyclic amines) is 1. The Bertz CT molecular complexity index is 1210. The quantitative estimate of drug-likeness (QED) is 0.685. The predicted octanol–water partition coefficient (Wildman–Crippen LogP) is 3.03. The Balaban J connectivity index is 1.51. The number of carbonyl (C=O) groups is 1. The number of H-pyrrole nitrogens is 1. The number of pyridine rings is 1. The first kappa shape index (κ1) is 18.4. The summed E-state index contributed by atoms with van der Waals surface area (Å²) >= 11 is 0. The van der Waals surface area contributed by atoms with Gasteiger partial charge in [-0.15, -0.1) is 0 Å². The first-order valence-corrected chi connectivity index (χ1v) is 10.0. The van der Waals surface area contributed by atoms with Crippen LogP contribution in [0, 0.1) is 23.7 Å². The smallest absolute Gasteiger partial charge is 0.245 e. The van der Waals surface area contributed by atoms with Crippen molar-refractivity contribution in [3.63, 3.8) is 0 Å². The number of aryl methyl sites for hydroxylation is 1. The van der Waals surface area contributed by atoms with Gasteiger partial charge in [0.15, 0.2) is 0 Å². The number of aromatic nitrogens is 3. The summed E-state index contributed by atoms with van der Waals surface area (Å²) in [5.74, 6) is -0.00771. The Kier molecular flexibility index (Phi) is 4.10. The molecule has 5 rings (SSSR count). The molecule has 7 heteroatoms. The van der Waals surface area contributed by atoms with Crippen LogP contribution >= 0.6 is 0 Å². The second-order valence-electron chi connectivity index (χ2n) is 8.32. The molecule has 2 aliphatic rings. The minimum atomic E-state index is -0.00771. The Morgan fingerprint density at radius 2 is 2.17 bits per heavy atom. The molecule has 0 radical (unpaired) electrons. The van der Waals surface area contributed by atoms with E-state index in [2.05, 4.69) is 32.7 Å². The van der Waals surface area contributed by atoms with Gasteiger partial charge in [0.05, 0.1) is 23.1 Å². The van der Waals surface area contributed by atoms with E-state index >= 15 is 0 Å². The van der Waals surface area contributed by atoms with Crippen LogP contribution < -0.4 is 4.90 Å². The van der Waals surface area contributed by atoms with Crippen molar-refractivity contribution in [2.45, 2.75) is 13.3 Å². The molecule has 1 N–H and O–H groups in total. The summed E-state index contributed by atoms with van der Waals surface area (Å²) in [6.45, 7) is 8.81. The molecule has 7 nitrogen and oxygen atoms in total. The lowest BCUT2D eigenvalue weighted by Crippen LogP contribution is -2.59. The van der Waals surface area contributed by atoms with E-state index in [1.807, 2.05) is 30.0 Å². The van der Waals surface area contributed by atoms with Gasteiger partial charge in [-0.2, -0.15) is 10.4 Å². The number of fused-ring (bicyclic) bond motifs is 1. The molecular weight excluding hydrogens is 376 g/mol. The molecule has 0 bridgehead atoms. The molecule has 150 valence electrons. The van der Waals surface area contributed by atoms with E-state index < -0.39 is 0 Å². The van der Waals surface area contributed by atoms with Crippen LogP contribution in [0.25, 0.3) is 22.2 Å². The molecule has 2 aliphatic heterocycles. The summed E-state index contributed by atoms with van der Waals surface area (Å²) in [5.41, 5.74) is 5.22. The summed E-state index contributed by atoms with van der Waals surface area (Å²) in [4.78, 5) is 20.5. The SMILES string of the molecule is C=CC(=O)N1CC2(CCN(c3ccnc(-c4c(C)ccc5[nH]ncc45)c3C#N)C2)C1. The molecule has 2 fully saturated rings. The number of nitrogens with one attached hydrogen (secondary N) is 1. The standard InChI is InChI=1S/C23H22N6O/c1-3-20(30)29-13-23(14-29)7-9-28(12-23)19-6-8-25-22(16(19)10-24)21-15(2)4-5-18-17(21)11-26-27-18/h3-6,8,11H,1,7,9,12-14H2,2H3,(H,26,27). The molecule has 3 aromatic rings. The molecule has 1 amide bonds. The van der Waals surface area contributed by atoms with Gasteiger partial charge in [0.1, 0.15) is 11.6 Å². The Labute approximate surface area is 174 Å². The summed E-state index contributed by atoms with van der Waals surface area (Å²) in [6.07, 6.45) is 5.95. The second-order valence-corrected chi connectivity index (χ2v) is 8.32. The first-order valence-electron chi connectivity index (χ1n) is 10.0. The molecule has 2 saturated heterocycles. The summed E-state index contributed by atoms with van der Waals surface area (Å²) in [7, 11) is 0. The second kappa shape index (κ2) is 6.70. The van der Waals surface area contributed by atoms with Gasteiger partial charge in [-0.05, 0) is 37.1 Å². The van der Waals surface area contributed by atoms with Gasteiger partial charge in [-0.3, -0.25) is 14.9 Å². The Morgan fingerprint density at radius 1 is 1.33 bits per heavy atom. The van der Waals surface area contributed by atoms with Gasteiger partial charge < -0.3 is 9.80 Å². The highest BCUT2D eigenvalue weighted by molar-refractivity contribution is 5.97. The van der Waals surface area contributed by atoms with Crippen molar-refractivity contribution in [3.05, 3.63) is 54.4 Å². The van der Waals surface area contributed by atoms with Crippen molar-refractivity contribution >= 4 is 22.5 Å². The van der Waals surface area contributed by atoms with Crippen molar-refractivity contribution in [1.29, 1.82) is 5.26 Å². The van der Waals surface area contributed by atoms with E-state index in [0.717, 1.165) is 60.3 Å². The van der Waals surface area contributed by atoms with Gasteiger partial charge >= 0.3 is 0 Å². The summed E-state index contributed by atoms with van der Waals surface area (Å²) in [5, 5.41) is 18.2. The summed E-state index contributed by atoms with van der Waals surface area (Å²) in [6, 6.07) is 8.36. The lowest BCUT2D eigenvalue weighted by Gasteiger charge is -2.47. The molecule has 0 atom stereocenters. The first-order chi connectivity index (χ1) is 14.5. The van der Waals surface area contributed by atoms with Crippen molar-refractivity contribution in [2.75, 3.05) is 31.1 Å². The number of rotatable bonds is 3. The topological polar surface area (TPSA) is 88.9 Å². The number of nitrogens with zero attached hydrogens (tertiary/aromatic N) is 5. The van der Waals surface area contributed by atoms with Crippen molar-refractivity contribution in [2.24, 2.45) is 5.41 Å². The van der Waals surface area contributed by atoms with Crippen LogP contribution in [-0.2, 0) is 4.79 Å². The highest BCUT2D eigenvalue weighted by Gasteiger charge is 2.49. The third kappa shape index (κ3) is 2.68. The molecule has 4 heterocycles. The minimum Gasteiger partial charge on any atom is -0.370 e. The highest BCUT2D eigenvalue weighted by atomic mass is 16.2. The van der Waals surface area contributed by atoms with Crippen LogP contribution in [-0.4, -0.2) is 52.2 Å². The maximum atomic E-state index is 11.8. The average Bonchev–Trinajstić information content (AvgIpc) is 3.39. The molecular formula is C23H22N6O. The van der Waals surface area contributed by atoms with Gasteiger partial charge in [-0.25, -0.2) is 0 Å². The van der Waals surface area contributed by atoms with Crippen molar-refractivity contribution in [1.82, 2.24) is 20.1 Å². The van der Waals surface area contributed by atoms with Crippen LogP contribution in [0.1, 0.15) is 17.5 Å². The largest absolute Gasteiger partial charge is 0.370 e. The molecule has 1 aromatic carbocycles. The molecule has 0 unspecified atom stereocenters. The fraction of sp³-hybridized carbons (Fsp3) is 0.304.